The van der Waals surface area contributed by atoms with Gasteiger partial charge in [-0.05, 0) is 43.3 Å². The number of carbonyl (C=O) groups excluding carboxylic acids is 3. The molecule has 1 aliphatic rings. The molecular formula is C30H29N4O5+. The second kappa shape index (κ2) is 11.0. The minimum absolute atomic E-state index is 0.232. The fourth-order valence-electron chi connectivity index (χ4n) is 5.22. The van der Waals surface area contributed by atoms with E-state index in [0.717, 1.165) is 22.2 Å². The summed E-state index contributed by atoms with van der Waals surface area (Å²) < 4.78 is 5.63. The Morgan fingerprint density at radius 1 is 1.03 bits per heavy atom. The van der Waals surface area contributed by atoms with Crippen LogP contribution in [0.4, 0.5) is 5.69 Å². The van der Waals surface area contributed by atoms with E-state index >= 15 is 0 Å². The first-order valence-corrected chi connectivity index (χ1v) is 12.7. The highest BCUT2D eigenvalue weighted by molar-refractivity contribution is 6.02. The lowest BCUT2D eigenvalue weighted by molar-refractivity contribution is -0.142. The maximum absolute atomic E-state index is 13.4. The van der Waals surface area contributed by atoms with Crippen molar-refractivity contribution < 1.29 is 24.3 Å². The van der Waals surface area contributed by atoms with Gasteiger partial charge in [-0.25, -0.2) is 14.8 Å². The summed E-state index contributed by atoms with van der Waals surface area (Å²) in [6, 6.07) is 25.2. The number of rotatable bonds is 8. The Kier molecular flexibility index (Phi) is 7.36. The quantitative estimate of drug-likeness (QED) is 0.182. The Labute approximate surface area is 225 Å². The molecular weight excluding hydrogens is 496 g/mol. The first-order valence-electron chi connectivity index (χ1n) is 12.7. The monoisotopic (exact) mass is 525 g/mol. The maximum Gasteiger partial charge on any atom is 0.324 e. The van der Waals surface area contributed by atoms with Gasteiger partial charge in [0.1, 0.15) is 18.0 Å². The van der Waals surface area contributed by atoms with Crippen LogP contribution in [0.3, 0.4) is 0 Å². The topological polar surface area (TPSA) is 118 Å². The molecule has 2 unspecified atom stereocenters. The number of nitrogens with zero attached hydrogens (tertiary/aromatic N) is 2. The lowest BCUT2D eigenvalue weighted by Gasteiger charge is -2.37. The molecule has 4 aromatic rings. The minimum atomic E-state index is -1.37. The van der Waals surface area contributed by atoms with Crippen molar-refractivity contribution in [2.24, 2.45) is 0 Å². The van der Waals surface area contributed by atoms with Crippen molar-refractivity contribution in [1.29, 1.82) is 0 Å². The number of hydroxylamine groups is 1. The van der Waals surface area contributed by atoms with Crippen LogP contribution in [0.5, 0.6) is 5.75 Å². The van der Waals surface area contributed by atoms with E-state index in [0.29, 0.717) is 30.0 Å². The Bertz CT molecular complexity index is 1520. The molecule has 0 bridgehead atoms. The van der Waals surface area contributed by atoms with E-state index in [1.54, 1.807) is 60.1 Å². The van der Waals surface area contributed by atoms with Crippen LogP contribution < -0.4 is 20.0 Å². The van der Waals surface area contributed by atoms with E-state index in [4.69, 9.17) is 4.74 Å². The first kappa shape index (κ1) is 26.0. The number of fused-ring (bicyclic) bond motifs is 1. The van der Waals surface area contributed by atoms with Crippen molar-refractivity contribution in [1.82, 2.24) is 20.3 Å². The zero-order chi connectivity index (χ0) is 27.4. The van der Waals surface area contributed by atoms with Crippen molar-refractivity contribution >= 4 is 34.3 Å². The molecule has 3 amide bonds. The van der Waals surface area contributed by atoms with Gasteiger partial charge in [-0.3, -0.25) is 25.1 Å². The molecule has 0 aliphatic carbocycles. The normalized spacial score (nSPS) is 17.5. The molecule has 39 heavy (non-hydrogen) atoms. The second-order valence-corrected chi connectivity index (χ2v) is 9.53. The lowest BCUT2D eigenvalue weighted by Crippen LogP contribution is -2.69. The smallest absolute Gasteiger partial charge is 0.324 e. The number of aryl methyl sites for hydroxylation is 1. The van der Waals surface area contributed by atoms with E-state index in [9.17, 15) is 19.6 Å². The van der Waals surface area contributed by atoms with Gasteiger partial charge >= 0.3 is 11.8 Å². The standard InChI is InChI=1S/C30H28N4O5/c1-20-18-22(25-10-5-6-11-26(25)31-20)19-39-24-15-13-23(14-16-24)34(17-7-12-27(34)35)28(30(37)33-38)32-29(36)21-8-3-2-4-9-21/h2-6,8-11,13-16,18,28H,7,12,17,19H2,1H3,(H2-,32,33,36,37,38)/p+1. The molecule has 3 N–H and O–H groups in total. The van der Waals surface area contributed by atoms with Gasteiger partial charge in [-0.15, -0.1) is 0 Å². The van der Waals surface area contributed by atoms with Gasteiger partial charge in [0.2, 0.25) is 0 Å². The van der Waals surface area contributed by atoms with E-state index in [1.807, 2.05) is 37.3 Å². The van der Waals surface area contributed by atoms with E-state index < -0.39 is 22.5 Å². The highest BCUT2D eigenvalue weighted by atomic mass is 16.5. The summed E-state index contributed by atoms with van der Waals surface area (Å²) in [7, 11) is 0. The number of benzene rings is 3. The van der Waals surface area contributed by atoms with Crippen LogP contribution in [0.25, 0.3) is 10.9 Å². The summed E-state index contributed by atoms with van der Waals surface area (Å²) in [6.45, 7) is 2.55. The zero-order valence-corrected chi connectivity index (χ0v) is 21.5. The molecule has 5 rings (SSSR count). The first-order chi connectivity index (χ1) is 18.9. The predicted molar refractivity (Wildman–Crippen MR) is 146 cm³/mol. The highest BCUT2D eigenvalue weighted by Crippen LogP contribution is 2.35. The number of aromatic nitrogens is 1. The number of hydrogen-bond acceptors (Lipinski definition) is 6. The molecule has 9 heteroatoms. The maximum atomic E-state index is 13.4. The summed E-state index contributed by atoms with van der Waals surface area (Å²) in [6.07, 6.45) is -0.596. The van der Waals surface area contributed by atoms with Gasteiger partial charge in [0, 0.05) is 40.8 Å². The summed E-state index contributed by atoms with van der Waals surface area (Å²) >= 11 is 0. The molecule has 1 aromatic heterocycles. The Balaban J connectivity index is 1.42. The van der Waals surface area contributed by atoms with Crippen LogP contribution in [0.1, 0.15) is 34.5 Å². The number of nitrogens with one attached hydrogen (secondary N) is 2. The number of carbonyl (C=O) groups is 3. The van der Waals surface area contributed by atoms with Gasteiger partial charge < -0.3 is 4.74 Å². The van der Waals surface area contributed by atoms with Gasteiger partial charge in [0.05, 0.1) is 18.5 Å². The van der Waals surface area contributed by atoms with Gasteiger partial charge in [-0.2, -0.15) is 0 Å². The van der Waals surface area contributed by atoms with Crippen molar-refractivity contribution in [2.45, 2.75) is 32.5 Å². The SMILES string of the molecule is Cc1cc(COc2ccc([N+]3(C(NC(=O)c4ccccc4)C(=O)NO)CCCC3=O)cc2)c2ccccc2n1. The van der Waals surface area contributed by atoms with Gasteiger partial charge in [0.15, 0.2) is 0 Å². The molecule has 0 saturated carbocycles. The van der Waals surface area contributed by atoms with E-state index in [-0.39, 0.29) is 18.9 Å². The Hall–Kier alpha value is -4.60. The van der Waals surface area contributed by atoms with E-state index in [2.05, 4.69) is 10.3 Å². The molecule has 0 spiro atoms. The van der Waals surface area contributed by atoms with Crippen LogP contribution in [0.15, 0.2) is 84.9 Å². The molecule has 3 aromatic carbocycles. The Morgan fingerprint density at radius 2 is 1.74 bits per heavy atom. The van der Waals surface area contributed by atoms with Crippen LogP contribution >= 0.6 is 0 Å². The fraction of sp³-hybridized carbons (Fsp3) is 0.200. The fourth-order valence-corrected chi connectivity index (χ4v) is 5.22. The number of ether oxygens (including phenoxy) is 1. The molecule has 9 nitrogen and oxygen atoms in total. The Morgan fingerprint density at radius 3 is 2.44 bits per heavy atom. The third-order valence-electron chi connectivity index (χ3n) is 7.07. The van der Waals surface area contributed by atoms with Crippen molar-refractivity contribution in [3.63, 3.8) is 0 Å². The number of para-hydroxylation sites is 1. The summed E-state index contributed by atoms with van der Waals surface area (Å²) in [5.41, 5.74) is 5.27. The average Bonchev–Trinajstić information content (AvgIpc) is 3.36. The minimum Gasteiger partial charge on any atom is -0.489 e. The van der Waals surface area contributed by atoms with E-state index in [1.165, 1.54) is 0 Å². The summed E-state index contributed by atoms with van der Waals surface area (Å²) in [5, 5.41) is 13.2. The van der Waals surface area contributed by atoms with Crippen LogP contribution in [0, 0.1) is 6.92 Å². The second-order valence-electron chi connectivity index (χ2n) is 9.53. The van der Waals surface area contributed by atoms with Crippen molar-refractivity contribution in [3.8, 4) is 5.75 Å². The van der Waals surface area contributed by atoms with Crippen LogP contribution in [-0.2, 0) is 16.2 Å². The molecule has 1 aliphatic heterocycles. The van der Waals surface area contributed by atoms with Crippen molar-refractivity contribution in [2.75, 3.05) is 6.54 Å². The van der Waals surface area contributed by atoms with Crippen LogP contribution in [-0.4, -0.2) is 40.6 Å². The third kappa shape index (κ3) is 5.09. The van der Waals surface area contributed by atoms with Gasteiger partial charge in [-0.1, -0.05) is 36.4 Å². The molecule has 2 heterocycles. The number of pyridine rings is 1. The van der Waals surface area contributed by atoms with Gasteiger partial charge in [0.25, 0.3) is 12.1 Å². The van der Waals surface area contributed by atoms with Crippen LogP contribution in [0.2, 0.25) is 0 Å². The summed E-state index contributed by atoms with van der Waals surface area (Å²) in [5.74, 6) is -1.06. The number of amides is 3. The zero-order valence-electron chi connectivity index (χ0n) is 21.5. The largest absolute Gasteiger partial charge is 0.489 e. The molecule has 0 radical (unpaired) electrons. The molecule has 198 valence electrons. The number of hydrogen-bond donors (Lipinski definition) is 3. The lowest BCUT2D eigenvalue weighted by atomic mass is 10.1. The predicted octanol–water partition coefficient (Wildman–Crippen LogP) is 4.01. The number of likely N-dealkylation sites (tertiary alicyclic amines) is 1. The third-order valence-corrected chi connectivity index (χ3v) is 7.07. The summed E-state index contributed by atoms with van der Waals surface area (Å²) in [4.78, 5) is 43.8. The molecule has 1 fully saturated rings. The van der Waals surface area contributed by atoms with Crippen molar-refractivity contribution in [3.05, 3.63) is 102 Å². The highest BCUT2D eigenvalue weighted by Gasteiger charge is 2.53. The average molecular weight is 526 g/mol. The molecule has 2 atom stereocenters. The molecule has 1 saturated heterocycles. The number of quaternary nitrogens is 1.